The SMILES string of the molecule is Cc1cccc(N)c1Oc1cc(F)ccc1Br. The van der Waals surface area contributed by atoms with E-state index >= 15 is 0 Å². The highest BCUT2D eigenvalue weighted by Crippen LogP contribution is 2.35. The number of anilines is 1. The van der Waals surface area contributed by atoms with E-state index in [0.717, 1.165) is 5.56 Å². The lowest BCUT2D eigenvalue weighted by molar-refractivity contribution is 0.472. The summed E-state index contributed by atoms with van der Waals surface area (Å²) in [7, 11) is 0. The van der Waals surface area contributed by atoms with Crippen molar-refractivity contribution < 1.29 is 9.13 Å². The quantitative estimate of drug-likeness (QED) is 0.840. The second-order valence-corrected chi connectivity index (χ2v) is 4.52. The summed E-state index contributed by atoms with van der Waals surface area (Å²) in [6.45, 7) is 1.89. The monoisotopic (exact) mass is 295 g/mol. The molecule has 4 heteroatoms. The van der Waals surface area contributed by atoms with Crippen LogP contribution in [0.25, 0.3) is 0 Å². The van der Waals surface area contributed by atoms with Gasteiger partial charge >= 0.3 is 0 Å². The van der Waals surface area contributed by atoms with Gasteiger partial charge in [0.1, 0.15) is 11.6 Å². The van der Waals surface area contributed by atoms with E-state index in [1.54, 1.807) is 12.1 Å². The minimum absolute atomic E-state index is 0.352. The number of hydrogen-bond donors (Lipinski definition) is 1. The van der Waals surface area contributed by atoms with Crippen LogP contribution < -0.4 is 10.5 Å². The predicted octanol–water partition coefficient (Wildman–Crippen LogP) is 4.27. The van der Waals surface area contributed by atoms with Crippen molar-refractivity contribution in [3.63, 3.8) is 0 Å². The van der Waals surface area contributed by atoms with Crippen LogP contribution in [-0.4, -0.2) is 0 Å². The minimum atomic E-state index is -0.352. The maximum atomic E-state index is 13.1. The topological polar surface area (TPSA) is 35.2 Å². The number of para-hydroxylation sites is 1. The second-order valence-electron chi connectivity index (χ2n) is 3.67. The van der Waals surface area contributed by atoms with Crippen LogP contribution in [0.2, 0.25) is 0 Å². The summed E-state index contributed by atoms with van der Waals surface area (Å²) >= 11 is 3.30. The number of ether oxygens (including phenoxy) is 1. The molecule has 0 fully saturated rings. The largest absolute Gasteiger partial charge is 0.454 e. The Hall–Kier alpha value is -1.55. The van der Waals surface area contributed by atoms with Crippen molar-refractivity contribution in [1.29, 1.82) is 0 Å². The molecule has 0 aliphatic carbocycles. The Bertz CT molecular complexity index is 537. The first-order chi connectivity index (χ1) is 8.08. The summed E-state index contributed by atoms with van der Waals surface area (Å²) in [6.07, 6.45) is 0. The predicted molar refractivity (Wildman–Crippen MR) is 69.8 cm³/mol. The summed E-state index contributed by atoms with van der Waals surface area (Å²) in [4.78, 5) is 0. The first kappa shape index (κ1) is 11.9. The molecule has 0 amide bonds. The Kier molecular flexibility index (Phi) is 3.33. The zero-order valence-corrected chi connectivity index (χ0v) is 10.8. The molecule has 17 heavy (non-hydrogen) atoms. The molecule has 0 atom stereocenters. The molecule has 0 aliphatic rings. The van der Waals surface area contributed by atoms with Gasteiger partial charge in [0.2, 0.25) is 0 Å². The van der Waals surface area contributed by atoms with E-state index in [-0.39, 0.29) is 5.82 Å². The molecule has 0 saturated heterocycles. The molecular weight excluding hydrogens is 285 g/mol. The molecule has 0 unspecified atom stereocenters. The van der Waals surface area contributed by atoms with Crippen LogP contribution in [0.1, 0.15) is 5.56 Å². The van der Waals surface area contributed by atoms with Gasteiger partial charge in [0.05, 0.1) is 10.2 Å². The van der Waals surface area contributed by atoms with Gasteiger partial charge in [-0.1, -0.05) is 12.1 Å². The zero-order chi connectivity index (χ0) is 12.4. The van der Waals surface area contributed by atoms with Crippen LogP contribution in [0.5, 0.6) is 11.5 Å². The van der Waals surface area contributed by atoms with Crippen LogP contribution in [0.3, 0.4) is 0 Å². The van der Waals surface area contributed by atoms with E-state index in [1.807, 2.05) is 19.1 Å². The smallest absolute Gasteiger partial charge is 0.153 e. The fourth-order valence-electron chi connectivity index (χ4n) is 1.48. The fourth-order valence-corrected chi connectivity index (χ4v) is 1.81. The number of rotatable bonds is 2. The molecule has 2 aromatic rings. The average Bonchev–Trinajstić information content (AvgIpc) is 2.28. The summed E-state index contributed by atoms with van der Waals surface area (Å²) < 4.78 is 19.4. The first-order valence-electron chi connectivity index (χ1n) is 5.06. The molecule has 0 heterocycles. The molecule has 2 N–H and O–H groups in total. The number of aryl methyl sites for hydroxylation is 1. The standard InChI is InChI=1S/C13H11BrFNO/c1-8-3-2-4-11(16)13(8)17-12-7-9(15)5-6-10(12)14/h2-7H,16H2,1H3. The lowest BCUT2D eigenvalue weighted by Crippen LogP contribution is -1.95. The molecule has 0 aliphatic heterocycles. The van der Waals surface area contributed by atoms with Gasteiger partial charge in [-0.25, -0.2) is 4.39 Å². The third kappa shape index (κ3) is 2.58. The molecule has 0 aromatic heterocycles. The Labute approximate surface area is 107 Å². The van der Waals surface area contributed by atoms with Crippen LogP contribution in [0, 0.1) is 12.7 Å². The van der Waals surface area contributed by atoms with Crippen molar-refractivity contribution in [3.8, 4) is 11.5 Å². The second kappa shape index (κ2) is 4.75. The maximum Gasteiger partial charge on any atom is 0.153 e. The van der Waals surface area contributed by atoms with Gasteiger partial charge in [-0.15, -0.1) is 0 Å². The third-order valence-electron chi connectivity index (χ3n) is 2.35. The van der Waals surface area contributed by atoms with Crippen LogP contribution in [0.15, 0.2) is 40.9 Å². The van der Waals surface area contributed by atoms with Gasteiger partial charge in [0.15, 0.2) is 5.75 Å². The van der Waals surface area contributed by atoms with Crippen molar-refractivity contribution in [2.75, 3.05) is 5.73 Å². The van der Waals surface area contributed by atoms with Gasteiger partial charge in [0, 0.05) is 6.07 Å². The van der Waals surface area contributed by atoms with Crippen molar-refractivity contribution in [2.24, 2.45) is 0 Å². The molecule has 2 rings (SSSR count). The Balaban J connectivity index is 2.41. The van der Waals surface area contributed by atoms with Crippen molar-refractivity contribution in [1.82, 2.24) is 0 Å². The van der Waals surface area contributed by atoms with Crippen molar-refractivity contribution >= 4 is 21.6 Å². The van der Waals surface area contributed by atoms with Gasteiger partial charge in [-0.05, 0) is 46.6 Å². The molecule has 0 bridgehead atoms. The van der Waals surface area contributed by atoms with Gasteiger partial charge < -0.3 is 10.5 Å². The van der Waals surface area contributed by atoms with Crippen LogP contribution in [0.4, 0.5) is 10.1 Å². The van der Waals surface area contributed by atoms with Crippen molar-refractivity contribution in [3.05, 3.63) is 52.3 Å². The summed E-state index contributed by atoms with van der Waals surface area (Å²) in [5.41, 5.74) is 7.26. The lowest BCUT2D eigenvalue weighted by Gasteiger charge is -2.12. The normalized spacial score (nSPS) is 10.3. The zero-order valence-electron chi connectivity index (χ0n) is 9.21. The number of benzene rings is 2. The van der Waals surface area contributed by atoms with E-state index < -0.39 is 0 Å². The minimum Gasteiger partial charge on any atom is -0.454 e. The first-order valence-corrected chi connectivity index (χ1v) is 5.85. The number of hydrogen-bond acceptors (Lipinski definition) is 2. The van der Waals surface area contributed by atoms with E-state index in [1.165, 1.54) is 12.1 Å². The fraction of sp³-hybridized carbons (Fsp3) is 0.0769. The number of nitrogen functional groups attached to an aromatic ring is 1. The highest BCUT2D eigenvalue weighted by atomic mass is 79.9. The lowest BCUT2D eigenvalue weighted by atomic mass is 10.2. The van der Waals surface area contributed by atoms with E-state index in [4.69, 9.17) is 10.5 Å². The molecule has 0 saturated carbocycles. The molecule has 0 radical (unpaired) electrons. The van der Waals surface area contributed by atoms with Gasteiger partial charge in [-0.2, -0.15) is 0 Å². The van der Waals surface area contributed by atoms with Gasteiger partial charge in [-0.3, -0.25) is 0 Å². The number of halogens is 2. The molecular formula is C13H11BrFNO. The molecule has 0 spiro atoms. The van der Waals surface area contributed by atoms with E-state index in [0.29, 0.717) is 21.7 Å². The molecule has 2 nitrogen and oxygen atoms in total. The van der Waals surface area contributed by atoms with Crippen LogP contribution in [-0.2, 0) is 0 Å². The molecule has 88 valence electrons. The Morgan fingerprint density at radius 1 is 1.24 bits per heavy atom. The molecule has 2 aromatic carbocycles. The van der Waals surface area contributed by atoms with Gasteiger partial charge in [0.25, 0.3) is 0 Å². The summed E-state index contributed by atoms with van der Waals surface area (Å²) in [5, 5.41) is 0. The summed E-state index contributed by atoms with van der Waals surface area (Å²) in [5.74, 6) is 0.611. The van der Waals surface area contributed by atoms with E-state index in [9.17, 15) is 4.39 Å². The average molecular weight is 296 g/mol. The maximum absolute atomic E-state index is 13.1. The Morgan fingerprint density at radius 3 is 2.71 bits per heavy atom. The van der Waals surface area contributed by atoms with E-state index in [2.05, 4.69) is 15.9 Å². The third-order valence-corrected chi connectivity index (χ3v) is 3.00. The Morgan fingerprint density at radius 2 is 2.00 bits per heavy atom. The van der Waals surface area contributed by atoms with Crippen LogP contribution >= 0.6 is 15.9 Å². The highest BCUT2D eigenvalue weighted by molar-refractivity contribution is 9.10. The highest BCUT2D eigenvalue weighted by Gasteiger charge is 2.09. The van der Waals surface area contributed by atoms with Crippen molar-refractivity contribution in [2.45, 2.75) is 6.92 Å². The summed E-state index contributed by atoms with van der Waals surface area (Å²) in [6, 6.07) is 9.75. The number of nitrogens with two attached hydrogens (primary N) is 1.